The van der Waals surface area contributed by atoms with Crippen LogP contribution in [0.1, 0.15) is 38.5 Å². The van der Waals surface area contributed by atoms with Crippen LogP contribution in [0, 0.1) is 0 Å². The molecule has 0 saturated heterocycles. The van der Waals surface area contributed by atoms with Crippen molar-refractivity contribution in [3.63, 3.8) is 0 Å². The Balaban J connectivity index is 2.07. The second-order valence-electron chi connectivity index (χ2n) is 5.84. The Morgan fingerprint density at radius 1 is 1.14 bits per heavy atom. The van der Waals surface area contributed by atoms with Crippen molar-refractivity contribution in [2.45, 2.75) is 39.0 Å². The maximum Gasteiger partial charge on any atom is 0.129 e. The van der Waals surface area contributed by atoms with Crippen LogP contribution in [0.25, 0.3) is 0 Å². The number of hydrogen-bond acceptors (Lipinski definition) is 3. The van der Waals surface area contributed by atoms with Gasteiger partial charge in [0.25, 0.3) is 0 Å². The zero-order valence-corrected chi connectivity index (χ0v) is 13.0. The largest absolute Gasteiger partial charge is 0.469 e. The lowest BCUT2D eigenvalue weighted by atomic mass is 9.82. The van der Waals surface area contributed by atoms with Crippen molar-refractivity contribution in [3.05, 3.63) is 60.1 Å². The number of aryl methyl sites for hydroxylation is 1. The quantitative estimate of drug-likeness (QED) is 0.551. The number of benzene rings is 1. The molecule has 0 saturated carbocycles. The number of nitrogens with zero attached hydrogens (tertiary/aromatic N) is 1. The van der Waals surface area contributed by atoms with E-state index in [4.69, 9.17) is 9.25 Å². The minimum atomic E-state index is -0.182. The summed E-state index contributed by atoms with van der Waals surface area (Å²) in [5.74, 6) is 0.947. The van der Waals surface area contributed by atoms with Crippen LogP contribution in [0.2, 0.25) is 0 Å². The number of rotatable bonds is 7. The molecule has 3 heteroatoms. The van der Waals surface area contributed by atoms with E-state index in [1.54, 1.807) is 6.26 Å². The zero-order valence-electron chi connectivity index (χ0n) is 13.0. The van der Waals surface area contributed by atoms with Gasteiger partial charge in [-0.2, -0.15) is 0 Å². The minimum absolute atomic E-state index is 0.182. The summed E-state index contributed by atoms with van der Waals surface area (Å²) in [6.45, 7) is 6.52. The van der Waals surface area contributed by atoms with E-state index < -0.39 is 0 Å². The highest BCUT2D eigenvalue weighted by Gasteiger charge is 2.30. The zero-order chi connectivity index (χ0) is 15.1. The molecule has 0 fully saturated rings. The van der Waals surface area contributed by atoms with Gasteiger partial charge in [-0.25, -0.2) is 0 Å². The molecule has 2 rings (SSSR count). The van der Waals surface area contributed by atoms with Gasteiger partial charge < -0.3 is 9.25 Å². The molecule has 1 aromatic carbocycles. The molecule has 112 valence electrons. The van der Waals surface area contributed by atoms with Crippen molar-refractivity contribution in [2.75, 3.05) is 6.61 Å². The fraction of sp³-hybridized carbons (Fsp3) is 0.389. The first-order valence-corrected chi connectivity index (χ1v) is 7.31. The molecular formula is C18H23NO2. The smallest absolute Gasteiger partial charge is 0.129 e. The fourth-order valence-electron chi connectivity index (χ4n) is 2.26. The Bertz CT molecular complexity index is 556. The van der Waals surface area contributed by atoms with Gasteiger partial charge in [-0.15, -0.1) is 0 Å². The molecule has 0 amide bonds. The van der Waals surface area contributed by atoms with E-state index in [9.17, 15) is 0 Å². The summed E-state index contributed by atoms with van der Waals surface area (Å²) in [6, 6.07) is 14.4. The first kappa shape index (κ1) is 15.4. The molecule has 21 heavy (non-hydrogen) atoms. The maximum atomic E-state index is 5.62. The Morgan fingerprint density at radius 2 is 1.90 bits per heavy atom. The van der Waals surface area contributed by atoms with Crippen molar-refractivity contribution < 1.29 is 9.25 Å². The van der Waals surface area contributed by atoms with Crippen LogP contribution in [0.15, 0.2) is 58.3 Å². The van der Waals surface area contributed by atoms with Crippen molar-refractivity contribution >= 4 is 5.71 Å². The van der Waals surface area contributed by atoms with E-state index in [0.717, 1.165) is 24.3 Å². The van der Waals surface area contributed by atoms with Gasteiger partial charge >= 0.3 is 0 Å². The lowest BCUT2D eigenvalue weighted by Gasteiger charge is -2.26. The monoisotopic (exact) mass is 285 g/mol. The maximum absolute atomic E-state index is 5.62. The highest BCUT2D eigenvalue weighted by molar-refractivity contribution is 5.78. The molecule has 3 nitrogen and oxygen atoms in total. The number of hydrogen-bond donors (Lipinski definition) is 0. The molecule has 1 aromatic heterocycles. The van der Waals surface area contributed by atoms with Crippen molar-refractivity contribution in [1.29, 1.82) is 0 Å². The molecule has 0 spiro atoms. The second-order valence-corrected chi connectivity index (χ2v) is 5.84. The first-order valence-electron chi connectivity index (χ1n) is 7.31. The predicted octanol–water partition coefficient (Wildman–Crippen LogP) is 4.58. The lowest BCUT2D eigenvalue weighted by molar-refractivity contribution is 0.0813. The van der Waals surface area contributed by atoms with Gasteiger partial charge in [0, 0.05) is 0 Å². The molecule has 1 atom stereocenters. The summed E-state index contributed by atoms with van der Waals surface area (Å²) in [7, 11) is 0. The standard InChI is InChI=1S/C18H23NO2/c1-15(2)19-21-14-18(3,17-10-7-13-20-17)12-11-16-8-5-4-6-9-16/h4-10,13H,11-12,14H2,1-3H3/t18-/m0/s1. The highest BCUT2D eigenvalue weighted by atomic mass is 16.6. The van der Waals surface area contributed by atoms with Crippen molar-refractivity contribution in [2.24, 2.45) is 5.16 Å². The summed E-state index contributed by atoms with van der Waals surface area (Å²) in [6.07, 6.45) is 3.64. The van der Waals surface area contributed by atoms with E-state index >= 15 is 0 Å². The van der Waals surface area contributed by atoms with E-state index in [0.29, 0.717) is 6.61 Å². The van der Waals surface area contributed by atoms with Gasteiger partial charge in [0.05, 0.1) is 17.4 Å². The average Bonchev–Trinajstić information content (AvgIpc) is 3.01. The van der Waals surface area contributed by atoms with Gasteiger partial charge in [0.1, 0.15) is 12.4 Å². The van der Waals surface area contributed by atoms with Crippen LogP contribution in [0.4, 0.5) is 0 Å². The second kappa shape index (κ2) is 7.11. The average molecular weight is 285 g/mol. The van der Waals surface area contributed by atoms with Crippen molar-refractivity contribution in [3.8, 4) is 0 Å². The molecular weight excluding hydrogens is 262 g/mol. The minimum Gasteiger partial charge on any atom is -0.469 e. The van der Waals surface area contributed by atoms with Crippen LogP contribution in [0.3, 0.4) is 0 Å². The summed E-state index contributed by atoms with van der Waals surface area (Å²) >= 11 is 0. The molecule has 0 N–H and O–H groups in total. The Morgan fingerprint density at radius 3 is 2.52 bits per heavy atom. The third-order valence-corrected chi connectivity index (χ3v) is 3.55. The van der Waals surface area contributed by atoms with Gasteiger partial charge in [-0.05, 0) is 51.3 Å². The molecule has 1 heterocycles. The van der Waals surface area contributed by atoms with E-state index in [1.807, 2.05) is 32.0 Å². The molecule has 0 aliphatic rings. The topological polar surface area (TPSA) is 34.7 Å². The lowest BCUT2D eigenvalue weighted by Crippen LogP contribution is -2.28. The molecule has 0 unspecified atom stereocenters. The van der Waals surface area contributed by atoms with Crippen LogP contribution in [-0.2, 0) is 16.7 Å². The van der Waals surface area contributed by atoms with E-state index in [-0.39, 0.29) is 5.41 Å². The molecule has 0 aliphatic heterocycles. The molecule has 0 bridgehead atoms. The van der Waals surface area contributed by atoms with Gasteiger partial charge in [0.2, 0.25) is 0 Å². The first-order chi connectivity index (χ1) is 10.1. The normalized spacial score (nSPS) is 13.5. The third kappa shape index (κ3) is 4.48. The van der Waals surface area contributed by atoms with Crippen LogP contribution < -0.4 is 0 Å². The molecule has 0 aliphatic carbocycles. The third-order valence-electron chi connectivity index (χ3n) is 3.55. The Hall–Kier alpha value is -2.03. The van der Waals surface area contributed by atoms with Crippen LogP contribution in [-0.4, -0.2) is 12.3 Å². The molecule has 2 aromatic rings. The van der Waals surface area contributed by atoms with E-state index in [1.165, 1.54) is 5.56 Å². The summed E-state index contributed by atoms with van der Waals surface area (Å²) in [5, 5.41) is 4.05. The Kier molecular flexibility index (Phi) is 5.20. The summed E-state index contributed by atoms with van der Waals surface area (Å²) in [5.41, 5.74) is 2.06. The van der Waals surface area contributed by atoms with Crippen LogP contribution in [0.5, 0.6) is 0 Å². The fourth-order valence-corrected chi connectivity index (χ4v) is 2.26. The van der Waals surface area contributed by atoms with E-state index in [2.05, 4.69) is 36.3 Å². The predicted molar refractivity (Wildman–Crippen MR) is 85.6 cm³/mol. The summed E-state index contributed by atoms with van der Waals surface area (Å²) < 4.78 is 5.62. The van der Waals surface area contributed by atoms with Crippen molar-refractivity contribution in [1.82, 2.24) is 0 Å². The molecule has 0 radical (unpaired) electrons. The number of furan rings is 1. The summed E-state index contributed by atoms with van der Waals surface area (Å²) in [4.78, 5) is 5.50. The van der Waals surface area contributed by atoms with Gasteiger partial charge in [-0.1, -0.05) is 35.5 Å². The van der Waals surface area contributed by atoms with Gasteiger partial charge in [-0.3, -0.25) is 0 Å². The van der Waals surface area contributed by atoms with Crippen LogP contribution >= 0.6 is 0 Å². The Labute approximate surface area is 126 Å². The number of oxime groups is 1. The van der Waals surface area contributed by atoms with Gasteiger partial charge in [0.15, 0.2) is 0 Å². The SMILES string of the molecule is CC(C)=NOC[C@](C)(CCc1ccccc1)c1ccco1. The highest BCUT2D eigenvalue weighted by Crippen LogP contribution is 2.30.